The number of thioether (sulfide) groups is 1. The molecule has 0 unspecified atom stereocenters. The van der Waals surface area contributed by atoms with Crippen LogP contribution in [-0.2, 0) is 6.54 Å². The second-order valence-corrected chi connectivity index (χ2v) is 6.03. The Morgan fingerprint density at radius 1 is 1.28 bits per heavy atom. The maximum Gasteiger partial charge on any atom is 0.120 e. The number of benzene rings is 1. The summed E-state index contributed by atoms with van der Waals surface area (Å²) >= 11 is 1.96. The smallest absolute Gasteiger partial charge is 0.120 e. The van der Waals surface area contributed by atoms with Crippen molar-refractivity contribution >= 4 is 11.8 Å². The van der Waals surface area contributed by atoms with Crippen LogP contribution in [0, 0.1) is 0 Å². The summed E-state index contributed by atoms with van der Waals surface area (Å²) in [4.78, 5) is 2.49. The van der Waals surface area contributed by atoms with Crippen molar-refractivity contribution < 1.29 is 4.74 Å². The highest BCUT2D eigenvalue weighted by atomic mass is 32.2. The Morgan fingerprint density at radius 3 is 2.83 bits per heavy atom. The molecule has 0 bridgehead atoms. The molecule has 1 aromatic carbocycles. The van der Waals surface area contributed by atoms with Gasteiger partial charge in [0.25, 0.3) is 0 Å². The molecule has 1 N–H and O–H groups in total. The fourth-order valence-corrected chi connectivity index (χ4v) is 2.88. The van der Waals surface area contributed by atoms with Crippen LogP contribution in [0.4, 0.5) is 0 Å². The molecule has 3 nitrogen and oxygen atoms in total. The molecule has 2 heterocycles. The molecule has 2 saturated heterocycles. The lowest BCUT2D eigenvalue weighted by Crippen LogP contribution is -2.42. The quantitative estimate of drug-likeness (QED) is 0.892. The third-order valence-electron chi connectivity index (χ3n) is 3.42. The first-order chi connectivity index (χ1) is 8.90. The van der Waals surface area contributed by atoms with Crippen LogP contribution < -0.4 is 10.1 Å². The summed E-state index contributed by atoms with van der Waals surface area (Å²) in [6.07, 6.45) is 0.435. The molecule has 0 saturated carbocycles. The fraction of sp³-hybridized carbons (Fsp3) is 0.571. The Morgan fingerprint density at radius 2 is 2.11 bits per heavy atom. The van der Waals surface area contributed by atoms with E-state index in [-0.39, 0.29) is 0 Å². The highest BCUT2D eigenvalue weighted by molar-refractivity contribution is 8.00. The van der Waals surface area contributed by atoms with Crippen LogP contribution in [0.2, 0.25) is 0 Å². The van der Waals surface area contributed by atoms with Crippen LogP contribution in [0.15, 0.2) is 24.3 Å². The third kappa shape index (κ3) is 3.19. The second kappa shape index (κ2) is 5.95. The Balaban J connectivity index is 1.58. The van der Waals surface area contributed by atoms with E-state index in [0.717, 1.165) is 50.0 Å². The maximum atomic E-state index is 5.93. The zero-order valence-corrected chi connectivity index (χ0v) is 11.4. The lowest BCUT2D eigenvalue weighted by atomic mass is 10.2. The van der Waals surface area contributed by atoms with Crippen molar-refractivity contribution in [2.24, 2.45) is 0 Å². The topological polar surface area (TPSA) is 24.5 Å². The third-order valence-corrected chi connectivity index (χ3v) is 4.64. The van der Waals surface area contributed by atoms with Crippen LogP contribution in [0.3, 0.4) is 0 Å². The van der Waals surface area contributed by atoms with Gasteiger partial charge in [-0.2, -0.15) is 11.8 Å². The first kappa shape index (κ1) is 12.3. The van der Waals surface area contributed by atoms with Crippen molar-refractivity contribution in [3.63, 3.8) is 0 Å². The van der Waals surface area contributed by atoms with Gasteiger partial charge in [-0.3, -0.25) is 4.90 Å². The second-order valence-electron chi connectivity index (χ2n) is 4.95. The largest absolute Gasteiger partial charge is 0.489 e. The van der Waals surface area contributed by atoms with E-state index in [0.29, 0.717) is 6.10 Å². The number of nitrogens with zero attached hydrogens (tertiary/aromatic N) is 1. The van der Waals surface area contributed by atoms with Crippen molar-refractivity contribution in [2.45, 2.75) is 12.6 Å². The predicted molar refractivity (Wildman–Crippen MR) is 76.3 cm³/mol. The van der Waals surface area contributed by atoms with Gasteiger partial charge in [-0.25, -0.2) is 0 Å². The van der Waals surface area contributed by atoms with E-state index in [9.17, 15) is 0 Å². The molecule has 98 valence electrons. The molecule has 1 aromatic rings. The number of piperazine rings is 1. The first-order valence-electron chi connectivity index (χ1n) is 6.66. The number of ether oxygens (including phenoxy) is 1. The van der Waals surface area contributed by atoms with E-state index >= 15 is 0 Å². The lowest BCUT2D eigenvalue weighted by molar-refractivity contribution is 0.229. The van der Waals surface area contributed by atoms with Crippen molar-refractivity contribution in [3.05, 3.63) is 29.8 Å². The van der Waals surface area contributed by atoms with Gasteiger partial charge < -0.3 is 10.1 Å². The number of rotatable bonds is 4. The molecule has 0 atom stereocenters. The minimum Gasteiger partial charge on any atom is -0.489 e. The Kier molecular flexibility index (Phi) is 4.08. The maximum absolute atomic E-state index is 5.93. The normalized spacial score (nSPS) is 21.6. The van der Waals surface area contributed by atoms with Crippen LogP contribution >= 0.6 is 11.8 Å². The van der Waals surface area contributed by atoms with E-state index in [4.69, 9.17) is 4.74 Å². The minimum absolute atomic E-state index is 0.435. The molecule has 3 rings (SSSR count). The molecule has 18 heavy (non-hydrogen) atoms. The van der Waals surface area contributed by atoms with Crippen LogP contribution in [0.25, 0.3) is 0 Å². The SMILES string of the molecule is c1cc(CN2CCNCC2)cc(OC2CSC2)c1. The molecule has 0 amide bonds. The number of hydrogen-bond donors (Lipinski definition) is 1. The van der Waals surface area contributed by atoms with Crippen LogP contribution in [-0.4, -0.2) is 48.7 Å². The molecule has 0 radical (unpaired) electrons. The zero-order valence-electron chi connectivity index (χ0n) is 10.6. The van der Waals surface area contributed by atoms with Gasteiger partial charge in [-0.1, -0.05) is 12.1 Å². The van der Waals surface area contributed by atoms with Gasteiger partial charge in [-0.15, -0.1) is 0 Å². The van der Waals surface area contributed by atoms with Gasteiger partial charge in [0, 0.05) is 44.2 Å². The van der Waals surface area contributed by atoms with Crippen molar-refractivity contribution in [1.82, 2.24) is 10.2 Å². The molecular formula is C14H20N2OS. The molecule has 0 aliphatic carbocycles. The van der Waals surface area contributed by atoms with Gasteiger partial charge >= 0.3 is 0 Å². The van der Waals surface area contributed by atoms with Gasteiger partial charge in [0.2, 0.25) is 0 Å². The molecule has 0 spiro atoms. The van der Waals surface area contributed by atoms with Crippen molar-refractivity contribution in [1.29, 1.82) is 0 Å². The fourth-order valence-electron chi connectivity index (χ4n) is 2.32. The monoisotopic (exact) mass is 264 g/mol. The molecule has 2 aliphatic heterocycles. The van der Waals surface area contributed by atoms with E-state index in [2.05, 4.69) is 34.5 Å². The zero-order chi connectivity index (χ0) is 12.2. The van der Waals surface area contributed by atoms with Gasteiger partial charge in [0.15, 0.2) is 0 Å². The Labute approximate surface area is 113 Å². The Hall–Kier alpha value is -0.710. The van der Waals surface area contributed by atoms with E-state index in [1.807, 2.05) is 11.8 Å². The molecule has 2 aliphatic rings. The van der Waals surface area contributed by atoms with Crippen molar-refractivity contribution in [2.75, 3.05) is 37.7 Å². The highest BCUT2D eigenvalue weighted by Crippen LogP contribution is 2.24. The van der Waals surface area contributed by atoms with E-state index in [1.54, 1.807) is 0 Å². The summed E-state index contributed by atoms with van der Waals surface area (Å²) < 4.78 is 5.93. The lowest BCUT2D eigenvalue weighted by Gasteiger charge is -2.28. The van der Waals surface area contributed by atoms with Crippen LogP contribution in [0.1, 0.15) is 5.56 Å². The molecule has 0 aromatic heterocycles. The summed E-state index contributed by atoms with van der Waals surface area (Å²) in [7, 11) is 0. The average Bonchev–Trinajstić information content (AvgIpc) is 2.36. The first-order valence-corrected chi connectivity index (χ1v) is 7.82. The summed E-state index contributed by atoms with van der Waals surface area (Å²) in [5.41, 5.74) is 1.36. The molecule has 2 fully saturated rings. The highest BCUT2D eigenvalue weighted by Gasteiger charge is 2.19. The predicted octanol–water partition coefficient (Wildman–Crippen LogP) is 1.59. The summed E-state index contributed by atoms with van der Waals surface area (Å²) in [5.74, 6) is 3.32. The summed E-state index contributed by atoms with van der Waals surface area (Å²) in [5, 5.41) is 3.38. The number of hydrogen-bond acceptors (Lipinski definition) is 4. The molecular weight excluding hydrogens is 244 g/mol. The minimum atomic E-state index is 0.435. The summed E-state index contributed by atoms with van der Waals surface area (Å²) in [6.45, 7) is 5.54. The van der Waals surface area contributed by atoms with E-state index in [1.165, 1.54) is 5.56 Å². The van der Waals surface area contributed by atoms with Gasteiger partial charge in [0.1, 0.15) is 11.9 Å². The molecule has 4 heteroatoms. The Bertz CT molecular complexity index is 389. The van der Waals surface area contributed by atoms with E-state index < -0.39 is 0 Å². The van der Waals surface area contributed by atoms with Gasteiger partial charge in [-0.05, 0) is 17.7 Å². The van der Waals surface area contributed by atoms with Crippen molar-refractivity contribution in [3.8, 4) is 5.75 Å². The standard InChI is InChI=1S/C14H20N2OS/c1-2-12(9-16-6-4-15-5-7-16)8-13(3-1)17-14-10-18-11-14/h1-3,8,14-15H,4-7,9-11H2. The average molecular weight is 264 g/mol. The van der Waals surface area contributed by atoms with Crippen LogP contribution in [0.5, 0.6) is 5.75 Å². The number of nitrogens with one attached hydrogen (secondary N) is 1. The van der Waals surface area contributed by atoms with Gasteiger partial charge in [0.05, 0.1) is 0 Å². The summed E-state index contributed by atoms with van der Waals surface area (Å²) in [6, 6.07) is 8.58.